The Morgan fingerprint density at radius 3 is 2.30 bits per heavy atom. The van der Waals surface area contributed by atoms with E-state index in [0.717, 1.165) is 19.3 Å². The second-order valence-electron chi connectivity index (χ2n) is 5.21. The molecule has 2 atom stereocenters. The van der Waals surface area contributed by atoms with Crippen molar-refractivity contribution >= 4 is 11.9 Å². The van der Waals surface area contributed by atoms with Crippen LogP contribution in [0.1, 0.15) is 46.9 Å². The third-order valence-electron chi connectivity index (χ3n) is 3.57. The van der Waals surface area contributed by atoms with E-state index >= 15 is 0 Å². The first-order valence-electron chi connectivity index (χ1n) is 6.41. The van der Waals surface area contributed by atoms with Gasteiger partial charge in [-0.15, -0.1) is 0 Å². The highest BCUT2D eigenvalue weighted by atomic mass is 19.2. The predicted molar refractivity (Wildman–Crippen MR) is 67.6 cm³/mol. The number of amides is 1. The minimum atomic E-state index is -1.46. The molecule has 0 bridgehead atoms. The molecule has 0 spiro atoms. The van der Waals surface area contributed by atoms with E-state index in [4.69, 9.17) is 5.11 Å². The van der Waals surface area contributed by atoms with Crippen LogP contribution in [0.3, 0.4) is 0 Å². The molecular formula is C14H15F2NO3. The Labute approximate surface area is 114 Å². The van der Waals surface area contributed by atoms with Gasteiger partial charge in [-0.25, -0.2) is 13.6 Å². The van der Waals surface area contributed by atoms with Gasteiger partial charge in [-0.2, -0.15) is 0 Å². The van der Waals surface area contributed by atoms with Gasteiger partial charge in [0.05, 0.1) is 11.1 Å². The van der Waals surface area contributed by atoms with Crippen molar-refractivity contribution in [2.75, 3.05) is 0 Å². The number of carboxylic acids is 1. The average molecular weight is 283 g/mol. The number of carboxylic acid groups (broad SMARTS) is 1. The summed E-state index contributed by atoms with van der Waals surface area (Å²) in [5.41, 5.74) is -0.886. The van der Waals surface area contributed by atoms with Gasteiger partial charge in [0.2, 0.25) is 0 Å². The van der Waals surface area contributed by atoms with E-state index in [0.29, 0.717) is 18.1 Å². The van der Waals surface area contributed by atoms with E-state index < -0.39 is 29.1 Å². The molecule has 1 aliphatic rings. The lowest BCUT2D eigenvalue weighted by molar-refractivity contribution is 0.0689. The Morgan fingerprint density at radius 2 is 1.80 bits per heavy atom. The van der Waals surface area contributed by atoms with Crippen LogP contribution in [0.5, 0.6) is 0 Å². The second kappa shape index (κ2) is 5.56. The molecule has 0 saturated heterocycles. The molecule has 1 saturated carbocycles. The van der Waals surface area contributed by atoms with E-state index in [-0.39, 0.29) is 11.6 Å². The third kappa shape index (κ3) is 2.95. The quantitative estimate of drug-likeness (QED) is 0.896. The Kier molecular flexibility index (Phi) is 4.01. The second-order valence-corrected chi connectivity index (χ2v) is 5.21. The van der Waals surface area contributed by atoms with Crippen molar-refractivity contribution in [2.24, 2.45) is 5.92 Å². The highest BCUT2D eigenvalue weighted by molar-refractivity contribution is 6.04. The van der Waals surface area contributed by atoms with Gasteiger partial charge < -0.3 is 10.4 Å². The van der Waals surface area contributed by atoms with Crippen LogP contribution < -0.4 is 5.32 Å². The lowest BCUT2D eigenvalue weighted by atomic mass is 10.1. The van der Waals surface area contributed by atoms with Crippen LogP contribution in [0.15, 0.2) is 12.1 Å². The molecule has 2 unspecified atom stereocenters. The zero-order valence-corrected chi connectivity index (χ0v) is 11.0. The molecule has 0 aliphatic heterocycles. The number of carbonyl (C=O) groups is 2. The van der Waals surface area contributed by atoms with Gasteiger partial charge in [-0.3, -0.25) is 4.79 Å². The van der Waals surface area contributed by atoms with Gasteiger partial charge in [0, 0.05) is 6.04 Å². The zero-order chi connectivity index (χ0) is 14.9. The fraction of sp³-hybridized carbons (Fsp3) is 0.429. The number of hydrogen-bond acceptors (Lipinski definition) is 2. The van der Waals surface area contributed by atoms with E-state index in [1.165, 1.54) is 0 Å². The van der Waals surface area contributed by atoms with Gasteiger partial charge in [0.25, 0.3) is 5.91 Å². The number of carbonyl (C=O) groups excluding carboxylic acids is 1. The molecule has 1 aromatic rings. The minimum Gasteiger partial charge on any atom is -0.478 e. The van der Waals surface area contributed by atoms with Crippen molar-refractivity contribution in [1.82, 2.24) is 5.32 Å². The Balaban J connectivity index is 2.24. The lowest BCUT2D eigenvalue weighted by Crippen LogP contribution is -2.34. The molecule has 2 rings (SSSR count). The normalized spacial score (nSPS) is 21.8. The summed E-state index contributed by atoms with van der Waals surface area (Å²) in [7, 11) is 0. The van der Waals surface area contributed by atoms with Gasteiger partial charge in [-0.05, 0) is 37.3 Å². The zero-order valence-electron chi connectivity index (χ0n) is 11.0. The largest absolute Gasteiger partial charge is 0.478 e. The first kappa shape index (κ1) is 14.4. The summed E-state index contributed by atoms with van der Waals surface area (Å²) < 4.78 is 26.3. The summed E-state index contributed by atoms with van der Waals surface area (Å²) in [6.45, 7) is 2.06. The number of hydrogen-bond donors (Lipinski definition) is 2. The van der Waals surface area contributed by atoms with E-state index in [1.54, 1.807) is 0 Å². The maximum Gasteiger partial charge on any atom is 0.336 e. The molecular weight excluding hydrogens is 268 g/mol. The smallest absolute Gasteiger partial charge is 0.336 e. The molecule has 1 aliphatic carbocycles. The molecule has 108 valence electrons. The molecule has 1 fully saturated rings. The lowest BCUT2D eigenvalue weighted by Gasteiger charge is -2.14. The van der Waals surface area contributed by atoms with Crippen molar-refractivity contribution in [3.8, 4) is 0 Å². The molecule has 0 heterocycles. The molecule has 2 N–H and O–H groups in total. The minimum absolute atomic E-state index is 0.0488. The van der Waals surface area contributed by atoms with Crippen molar-refractivity contribution in [3.63, 3.8) is 0 Å². The Bertz CT molecular complexity index is 560. The molecule has 1 aromatic carbocycles. The SMILES string of the molecule is CC1CCC(NC(=O)c2cc(F)c(F)cc2C(=O)O)C1. The van der Waals surface area contributed by atoms with Gasteiger partial charge in [-0.1, -0.05) is 6.92 Å². The van der Waals surface area contributed by atoms with Gasteiger partial charge >= 0.3 is 5.97 Å². The standard InChI is InChI=1S/C14H15F2NO3/c1-7-2-3-8(4-7)17-13(18)9-5-11(15)12(16)6-10(9)14(19)20/h5-8H,2-4H2,1H3,(H,17,18)(H,19,20). The fourth-order valence-corrected chi connectivity index (χ4v) is 2.51. The van der Waals surface area contributed by atoms with Crippen LogP contribution in [0.2, 0.25) is 0 Å². The number of benzene rings is 1. The summed E-state index contributed by atoms with van der Waals surface area (Å²) in [6.07, 6.45) is 2.59. The summed E-state index contributed by atoms with van der Waals surface area (Å²) in [5, 5.41) is 11.6. The highest BCUT2D eigenvalue weighted by Crippen LogP contribution is 2.25. The molecule has 6 heteroatoms. The van der Waals surface area contributed by atoms with E-state index in [2.05, 4.69) is 12.2 Å². The number of halogens is 2. The summed E-state index contributed by atoms with van der Waals surface area (Å²) in [5.74, 6) is -4.17. The van der Waals surface area contributed by atoms with E-state index in [1.807, 2.05) is 0 Å². The molecule has 4 nitrogen and oxygen atoms in total. The first-order valence-corrected chi connectivity index (χ1v) is 6.41. The van der Waals surface area contributed by atoms with Crippen LogP contribution in [0, 0.1) is 17.6 Å². The number of rotatable bonds is 3. The van der Waals surface area contributed by atoms with Gasteiger partial charge in [0.1, 0.15) is 0 Å². The van der Waals surface area contributed by atoms with Crippen LogP contribution in [-0.2, 0) is 0 Å². The monoisotopic (exact) mass is 283 g/mol. The molecule has 0 radical (unpaired) electrons. The fourth-order valence-electron chi connectivity index (χ4n) is 2.51. The summed E-state index contributed by atoms with van der Waals surface area (Å²) in [4.78, 5) is 23.0. The Hall–Kier alpha value is -1.98. The average Bonchev–Trinajstić information content (AvgIpc) is 2.77. The highest BCUT2D eigenvalue weighted by Gasteiger charge is 2.26. The van der Waals surface area contributed by atoms with Crippen molar-refractivity contribution < 1.29 is 23.5 Å². The first-order chi connectivity index (χ1) is 9.38. The van der Waals surface area contributed by atoms with Crippen molar-refractivity contribution in [1.29, 1.82) is 0 Å². The van der Waals surface area contributed by atoms with Crippen molar-refractivity contribution in [2.45, 2.75) is 32.2 Å². The maximum absolute atomic E-state index is 13.2. The summed E-state index contributed by atoms with van der Waals surface area (Å²) in [6, 6.07) is 1.11. The topological polar surface area (TPSA) is 66.4 Å². The molecule has 0 aromatic heterocycles. The third-order valence-corrected chi connectivity index (χ3v) is 3.57. The molecule has 1 amide bonds. The van der Waals surface area contributed by atoms with Crippen LogP contribution in [0.4, 0.5) is 8.78 Å². The number of aromatic carboxylic acids is 1. The Morgan fingerprint density at radius 1 is 1.20 bits per heavy atom. The maximum atomic E-state index is 13.2. The van der Waals surface area contributed by atoms with E-state index in [9.17, 15) is 18.4 Å². The van der Waals surface area contributed by atoms with Crippen molar-refractivity contribution in [3.05, 3.63) is 34.9 Å². The predicted octanol–water partition coefficient (Wildman–Crippen LogP) is 2.58. The number of nitrogens with one attached hydrogen (secondary N) is 1. The van der Waals surface area contributed by atoms with Crippen LogP contribution in [0.25, 0.3) is 0 Å². The van der Waals surface area contributed by atoms with Gasteiger partial charge in [0.15, 0.2) is 11.6 Å². The molecule has 20 heavy (non-hydrogen) atoms. The van der Waals surface area contributed by atoms with Crippen LogP contribution in [-0.4, -0.2) is 23.0 Å². The van der Waals surface area contributed by atoms with Crippen LogP contribution >= 0.6 is 0 Å². The summed E-state index contributed by atoms with van der Waals surface area (Å²) >= 11 is 0.